The number of non-ortho nitro benzene ring substituents is 1. The third kappa shape index (κ3) is 6.74. The van der Waals surface area contributed by atoms with E-state index in [0.717, 1.165) is 0 Å². The van der Waals surface area contributed by atoms with Gasteiger partial charge in [0.25, 0.3) is 11.6 Å². The molecule has 1 N–H and O–H groups in total. The van der Waals surface area contributed by atoms with Gasteiger partial charge in [-0.15, -0.1) is 0 Å². The first-order chi connectivity index (χ1) is 19.2. The minimum absolute atomic E-state index is 0.0226. The van der Waals surface area contributed by atoms with Gasteiger partial charge in [0.05, 0.1) is 31.6 Å². The molecule has 11 heteroatoms. The number of nitrogens with one attached hydrogen (secondary N) is 1. The van der Waals surface area contributed by atoms with Crippen molar-refractivity contribution in [2.75, 3.05) is 5.32 Å². The van der Waals surface area contributed by atoms with Gasteiger partial charge in [-0.25, -0.2) is 4.79 Å². The maximum absolute atomic E-state index is 13.5. The summed E-state index contributed by atoms with van der Waals surface area (Å²) < 4.78 is 5.74. The topological polar surface area (TPSA) is 116 Å². The number of halogens is 3. The highest BCUT2D eigenvalue weighted by molar-refractivity contribution is 9.09. The summed E-state index contributed by atoms with van der Waals surface area (Å²) in [5.74, 6) is -2.02. The molecule has 0 bridgehead atoms. The Bertz CT molecular complexity index is 1600. The number of esters is 1. The maximum atomic E-state index is 13.5. The lowest BCUT2D eigenvalue weighted by Crippen LogP contribution is -2.32. The van der Waals surface area contributed by atoms with Gasteiger partial charge in [0.1, 0.15) is 0 Å². The van der Waals surface area contributed by atoms with Crippen molar-refractivity contribution in [1.82, 2.24) is 0 Å². The molecule has 4 rings (SSSR count). The molecule has 0 aliphatic rings. The van der Waals surface area contributed by atoms with Gasteiger partial charge in [-0.3, -0.25) is 19.7 Å². The summed E-state index contributed by atoms with van der Waals surface area (Å²) in [4.78, 5) is 49.7. The minimum atomic E-state index is -1.41. The lowest BCUT2D eigenvalue weighted by molar-refractivity contribution is -0.384. The van der Waals surface area contributed by atoms with Crippen LogP contribution in [0.25, 0.3) is 0 Å². The summed E-state index contributed by atoms with van der Waals surface area (Å²) in [5.41, 5.74) is 0.677. The Labute approximate surface area is 247 Å². The van der Waals surface area contributed by atoms with Crippen molar-refractivity contribution in [2.45, 2.75) is 10.9 Å². The SMILES string of the molecule is O=C(Nc1ccccc1C(=O)O[C@@H](C(=O)c1ccccc1)[C@H](Br)c1cccc([N+](=O)[O-])c1)c1ccc(Cl)cc1Cl. The van der Waals surface area contributed by atoms with E-state index in [0.29, 0.717) is 10.6 Å². The Morgan fingerprint density at radius 1 is 0.850 bits per heavy atom. The molecule has 1 amide bonds. The van der Waals surface area contributed by atoms with Crippen LogP contribution >= 0.6 is 39.1 Å². The fourth-order valence-corrected chi connectivity index (χ4v) is 4.94. The van der Waals surface area contributed by atoms with E-state index in [4.69, 9.17) is 27.9 Å². The van der Waals surface area contributed by atoms with Crippen molar-refractivity contribution >= 4 is 68.2 Å². The highest BCUT2D eigenvalue weighted by atomic mass is 79.9. The number of rotatable bonds is 9. The Morgan fingerprint density at radius 2 is 1.55 bits per heavy atom. The van der Waals surface area contributed by atoms with Gasteiger partial charge < -0.3 is 10.1 Å². The molecule has 2 atom stereocenters. The monoisotopic (exact) mass is 640 g/mol. The van der Waals surface area contributed by atoms with Gasteiger partial charge in [0.15, 0.2) is 6.10 Å². The second-order valence-electron chi connectivity index (χ2n) is 8.43. The summed E-state index contributed by atoms with van der Waals surface area (Å²) in [7, 11) is 0. The number of nitrogens with zero attached hydrogens (tertiary/aromatic N) is 1. The first-order valence-corrected chi connectivity index (χ1v) is 13.4. The molecule has 0 radical (unpaired) electrons. The molecule has 0 unspecified atom stereocenters. The number of ether oxygens (including phenoxy) is 1. The lowest BCUT2D eigenvalue weighted by Gasteiger charge is -2.23. The van der Waals surface area contributed by atoms with Gasteiger partial charge in [-0.2, -0.15) is 0 Å². The quantitative estimate of drug-likeness (QED) is 0.0658. The van der Waals surface area contributed by atoms with E-state index < -0.39 is 33.5 Å². The van der Waals surface area contributed by atoms with E-state index in [9.17, 15) is 24.5 Å². The summed E-state index contributed by atoms with van der Waals surface area (Å²) >= 11 is 15.5. The zero-order valence-electron chi connectivity index (χ0n) is 20.4. The number of carbonyl (C=O) groups is 3. The molecule has 4 aromatic carbocycles. The van der Waals surface area contributed by atoms with Gasteiger partial charge >= 0.3 is 5.97 Å². The van der Waals surface area contributed by atoms with Crippen LogP contribution in [0.15, 0.2) is 97.1 Å². The Kier molecular flexibility index (Phi) is 9.31. The zero-order valence-corrected chi connectivity index (χ0v) is 23.5. The van der Waals surface area contributed by atoms with Crippen LogP contribution in [0.1, 0.15) is 41.5 Å². The average Bonchev–Trinajstić information content (AvgIpc) is 2.95. The van der Waals surface area contributed by atoms with Crippen molar-refractivity contribution < 1.29 is 24.0 Å². The van der Waals surface area contributed by atoms with Gasteiger partial charge in [0.2, 0.25) is 5.78 Å². The van der Waals surface area contributed by atoms with Gasteiger partial charge in [0, 0.05) is 22.7 Å². The number of hydrogen-bond donors (Lipinski definition) is 1. The molecular weight excluding hydrogens is 623 g/mol. The standard InChI is InChI=1S/C29H19BrCl2N2O6/c30-25(18-9-6-10-20(15-18)34(38)39)27(26(35)17-7-2-1-3-8-17)40-29(37)22-11-4-5-12-24(22)33-28(36)21-14-13-19(31)16-23(21)32/h1-16,25,27H,(H,33,36)/t25-,27-/m1/s1. The fourth-order valence-electron chi connectivity index (χ4n) is 3.81. The van der Waals surface area contributed by atoms with Crippen LogP contribution < -0.4 is 5.32 Å². The van der Waals surface area contributed by atoms with E-state index in [1.165, 1.54) is 48.5 Å². The van der Waals surface area contributed by atoms with E-state index in [-0.39, 0.29) is 33.1 Å². The molecule has 0 saturated heterocycles. The summed E-state index contributed by atoms with van der Waals surface area (Å²) in [6.45, 7) is 0. The van der Waals surface area contributed by atoms with Gasteiger partial charge in [-0.1, -0.05) is 93.7 Å². The summed E-state index contributed by atoms with van der Waals surface area (Å²) in [5, 5.41) is 14.4. The number of Topliss-reactive ketones (excluding diaryl/α,β-unsaturated/α-hetero) is 1. The van der Waals surface area contributed by atoms with E-state index >= 15 is 0 Å². The Balaban J connectivity index is 1.66. The highest BCUT2D eigenvalue weighted by Gasteiger charge is 2.34. The average molecular weight is 642 g/mol. The minimum Gasteiger partial charge on any atom is -0.449 e. The number of carbonyl (C=O) groups excluding carboxylic acids is 3. The fraction of sp³-hybridized carbons (Fsp3) is 0.0690. The summed E-state index contributed by atoms with van der Waals surface area (Å²) in [6.07, 6.45) is -1.41. The molecule has 0 heterocycles. The number of benzene rings is 4. The van der Waals surface area contributed by atoms with Crippen LogP contribution in [0.5, 0.6) is 0 Å². The van der Waals surface area contributed by atoms with Crippen LogP contribution in [0.2, 0.25) is 10.0 Å². The predicted molar refractivity (Wildman–Crippen MR) is 156 cm³/mol. The second-order valence-corrected chi connectivity index (χ2v) is 10.3. The predicted octanol–water partition coefficient (Wildman–Crippen LogP) is 7.70. The van der Waals surface area contributed by atoms with Crippen LogP contribution in [-0.4, -0.2) is 28.7 Å². The Morgan fingerprint density at radius 3 is 2.25 bits per heavy atom. The van der Waals surface area contributed by atoms with E-state index in [2.05, 4.69) is 21.2 Å². The number of para-hydroxylation sites is 1. The molecule has 8 nitrogen and oxygen atoms in total. The Hall–Kier alpha value is -4.05. The number of hydrogen-bond acceptors (Lipinski definition) is 6. The number of anilines is 1. The van der Waals surface area contributed by atoms with E-state index in [1.54, 1.807) is 48.5 Å². The molecule has 0 fully saturated rings. The zero-order chi connectivity index (χ0) is 28.8. The first kappa shape index (κ1) is 28.9. The third-order valence-electron chi connectivity index (χ3n) is 5.79. The van der Waals surface area contributed by atoms with Crippen LogP contribution in [0, 0.1) is 10.1 Å². The number of alkyl halides is 1. The first-order valence-electron chi connectivity index (χ1n) is 11.7. The number of amides is 1. The molecule has 40 heavy (non-hydrogen) atoms. The number of nitro benzene ring substituents is 1. The molecule has 0 spiro atoms. The van der Waals surface area contributed by atoms with Crippen molar-refractivity contribution in [3.8, 4) is 0 Å². The largest absolute Gasteiger partial charge is 0.449 e. The maximum Gasteiger partial charge on any atom is 0.341 e. The van der Waals surface area contributed by atoms with Gasteiger partial charge in [-0.05, 0) is 35.9 Å². The van der Waals surface area contributed by atoms with Crippen LogP contribution in [0.4, 0.5) is 11.4 Å². The summed E-state index contributed by atoms with van der Waals surface area (Å²) in [6, 6.07) is 24.3. The molecule has 0 aliphatic heterocycles. The van der Waals surface area contributed by atoms with Crippen molar-refractivity contribution in [3.05, 3.63) is 139 Å². The second kappa shape index (κ2) is 12.9. The van der Waals surface area contributed by atoms with Crippen molar-refractivity contribution in [2.24, 2.45) is 0 Å². The molecule has 202 valence electrons. The molecule has 0 saturated carbocycles. The normalized spacial score (nSPS) is 12.2. The smallest absolute Gasteiger partial charge is 0.341 e. The van der Waals surface area contributed by atoms with Crippen molar-refractivity contribution in [3.63, 3.8) is 0 Å². The number of nitro groups is 1. The molecular formula is C29H19BrCl2N2O6. The number of ketones is 1. The highest BCUT2D eigenvalue weighted by Crippen LogP contribution is 2.34. The molecule has 0 aliphatic carbocycles. The van der Waals surface area contributed by atoms with E-state index in [1.807, 2.05) is 0 Å². The molecule has 4 aromatic rings. The third-order valence-corrected chi connectivity index (χ3v) is 7.34. The molecule has 0 aromatic heterocycles. The van der Waals surface area contributed by atoms with Crippen LogP contribution in [-0.2, 0) is 4.74 Å². The lowest BCUT2D eigenvalue weighted by atomic mass is 9.99. The van der Waals surface area contributed by atoms with Crippen molar-refractivity contribution in [1.29, 1.82) is 0 Å². The van der Waals surface area contributed by atoms with Crippen LogP contribution in [0.3, 0.4) is 0 Å².